The van der Waals surface area contributed by atoms with Crippen molar-refractivity contribution in [3.05, 3.63) is 41.6 Å². The molecule has 0 saturated carbocycles. The van der Waals surface area contributed by atoms with E-state index in [0.717, 1.165) is 11.1 Å². The maximum Gasteiger partial charge on any atom is 0.326 e. The Balaban J connectivity index is 2.31. The van der Waals surface area contributed by atoms with Gasteiger partial charge in [-0.1, -0.05) is 24.3 Å². The van der Waals surface area contributed by atoms with Crippen LogP contribution < -0.4 is 10.6 Å². The number of hydrogen-bond acceptors (Lipinski definition) is 3. The minimum Gasteiger partial charge on any atom is -0.338 e. The zero-order valence-corrected chi connectivity index (χ0v) is 8.24. The third kappa shape index (κ3) is 1.64. The van der Waals surface area contributed by atoms with Crippen LogP contribution in [-0.2, 0) is 4.79 Å². The molecule has 0 saturated heterocycles. The summed E-state index contributed by atoms with van der Waals surface area (Å²) in [5.74, 6) is -0.446. The summed E-state index contributed by atoms with van der Waals surface area (Å²) in [4.78, 5) is 10.8. The second-order valence-corrected chi connectivity index (χ2v) is 3.19. The van der Waals surface area contributed by atoms with Gasteiger partial charge in [0.15, 0.2) is 6.07 Å². The van der Waals surface area contributed by atoms with Gasteiger partial charge in [-0.2, -0.15) is 5.26 Å². The van der Waals surface area contributed by atoms with Gasteiger partial charge in [0.1, 0.15) is 5.84 Å². The summed E-state index contributed by atoms with van der Waals surface area (Å²) < 4.78 is 0. The van der Waals surface area contributed by atoms with Crippen molar-refractivity contribution >= 4 is 17.4 Å². The monoisotopic (exact) mass is 212 g/mol. The number of hydrogen-bond donors (Lipinski definition) is 3. The van der Waals surface area contributed by atoms with Crippen LogP contribution in [0.3, 0.4) is 0 Å². The van der Waals surface area contributed by atoms with E-state index in [2.05, 4.69) is 10.6 Å². The average Bonchev–Trinajstić information content (AvgIpc) is 2.64. The average molecular weight is 212 g/mol. The molecule has 0 fully saturated rings. The summed E-state index contributed by atoms with van der Waals surface area (Å²) >= 11 is 0. The highest BCUT2D eigenvalue weighted by atomic mass is 16.1. The third-order valence-corrected chi connectivity index (χ3v) is 2.20. The Morgan fingerprint density at radius 1 is 1.44 bits per heavy atom. The molecular formula is C11H8N4O. The van der Waals surface area contributed by atoms with E-state index in [1.54, 1.807) is 0 Å². The number of benzene rings is 1. The number of nitrogens with one attached hydrogen (secondary N) is 3. The van der Waals surface area contributed by atoms with Crippen LogP contribution in [-0.4, -0.2) is 11.7 Å². The first-order valence-corrected chi connectivity index (χ1v) is 4.58. The lowest BCUT2D eigenvalue weighted by Crippen LogP contribution is -2.18. The Kier molecular flexibility index (Phi) is 2.40. The molecule has 5 heteroatoms. The molecule has 1 aliphatic rings. The molecule has 0 atom stereocenters. The Bertz CT molecular complexity index is 539. The molecule has 2 rings (SSSR count). The number of rotatable bonds is 1. The minimum atomic E-state index is -0.731. The summed E-state index contributed by atoms with van der Waals surface area (Å²) in [6, 6.07) is 8.79. The highest BCUT2D eigenvalue weighted by Crippen LogP contribution is 2.22. The van der Waals surface area contributed by atoms with Crippen LogP contribution >= 0.6 is 0 Å². The first-order valence-electron chi connectivity index (χ1n) is 4.58. The molecule has 78 valence electrons. The molecule has 1 aromatic carbocycles. The molecule has 0 bridgehead atoms. The SMILES string of the molecule is N#CC(=O)NC=C1NC(=N)c2ccccc21. The lowest BCUT2D eigenvalue weighted by molar-refractivity contribution is -0.114. The van der Waals surface area contributed by atoms with Gasteiger partial charge in [-0.15, -0.1) is 0 Å². The van der Waals surface area contributed by atoms with Gasteiger partial charge in [-0.05, 0) is 0 Å². The van der Waals surface area contributed by atoms with Crippen molar-refractivity contribution in [2.24, 2.45) is 0 Å². The van der Waals surface area contributed by atoms with Gasteiger partial charge in [0, 0.05) is 17.3 Å². The molecule has 0 aliphatic carbocycles. The van der Waals surface area contributed by atoms with Gasteiger partial charge >= 0.3 is 5.91 Å². The Hall–Kier alpha value is -2.61. The van der Waals surface area contributed by atoms with Gasteiger partial charge in [0.25, 0.3) is 0 Å². The van der Waals surface area contributed by atoms with E-state index in [0.29, 0.717) is 5.70 Å². The van der Waals surface area contributed by atoms with Crippen molar-refractivity contribution in [2.75, 3.05) is 0 Å². The highest BCUT2D eigenvalue weighted by Gasteiger charge is 2.19. The molecule has 1 aromatic rings. The molecule has 1 aliphatic heterocycles. The number of carbonyl (C=O) groups excluding carboxylic acids is 1. The van der Waals surface area contributed by atoms with Crippen LogP contribution in [0.2, 0.25) is 0 Å². The Morgan fingerprint density at radius 3 is 2.81 bits per heavy atom. The first kappa shape index (κ1) is 9.93. The Morgan fingerprint density at radius 2 is 2.12 bits per heavy atom. The minimum absolute atomic E-state index is 0.285. The van der Waals surface area contributed by atoms with Crippen molar-refractivity contribution in [2.45, 2.75) is 0 Å². The van der Waals surface area contributed by atoms with Gasteiger partial charge in [-0.3, -0.25) is 10.2 Å². The zero-order chi connectivity index (χ0) is 11.5. The summed E-state index contributed by atoms with van der Waals surface area (Å²) in [5.41, 5.74) is 2.23. The van der Waals surface area contributed by atoms with E-state index in [1.165, 1.54) is 12.3 Å². The van der Waals surface area contributed by atoms with Gasteiger partial charge < -0.3 is 10.6 Å². The predicted octanol–water partition coefficient (Wildman–Crippen LogP) is 0.553. The fourth-order valence-corrected chi connectivity index (χ4v) is 1.49. The normalized spacial score (nSPS) is 15.2. The standard InChI is InChI=1S/C11H8N4O/c12-5-10(16)14-6-9-7-3-1-2-4-8(7)11(13)15-9/h1-4,6H,(H2,13,15)(H,14,16). The van der Waals surface area contributed by atoms with E-state index in [1.807, 2.05) is 24.3 Å². The Labute approximate surface area is 91.9 Å². The van der Waals surface area contributed by atoms with Crippen molar-refractivity contribution < 1.29 is 4.79 Å². The number of nitriles is 1. The molecule has 16 heavy (non-hydrogen) atoms. The molecule has 0 spiro atoms. The third-order valence-electron chi connectivity index (χ3n) is 2.20. The van der Waals surface area contributed by atoms with Crippen LogP contribution in [0.25, 0.3) is 5.70 Å². The highest BCUT2D eigenvalue weighted by molar-refractivity contribution is 6.10. The molecule has 5 nitrogen and oxygen atoms in total. The van der Waals surface area contributed by atoms with Gasteiger partial charge in [-0.25, -0.2) is 0 Å². The summed E-state index contributed by atoms with van der Waals surface area (Å²) in [7, 11) is 0. The summed E-state index contributed by atoms with van der Waals surface area (Å²) in [6.07, 6.45) is 1.39. The van der Waals surface area contributed by atoms with Gasteiger partial charge in [0.05, 0.1) is 5.70 Å². The number of fused-ring (bicyclic) bond motifs is 1. The van der Waals surface area contributed by atoms with Crippen LogP contribution in [0.5, 0.6) is 0 Å². The van der Waals surface area contributed by atoms with Crippen molar-refractivity contribution in [1.29, 1.82) is 10.7 Å². The molecule has 0 aromatic heterocycles. The molecule has 1 amide bonds. The van der Waals surface area contributed by atoms with Crippen molar-refractivity contribution in [3.8, 4) is 6.07 Å². The predicted molar refractivity (Wildman–Crippen MR) is 58.1 cm³/mol. The number of amides is 1. The lowest BCUT2D eigenvalue weighted by Gasteiger charge is -1.99. The van der Waals surface area contributed by atoms with E-state index in [4.69, 9.17) is 10.7 Å². The second kappa shape index (κ2) is 3.87. The van der Waals surface area contributed by atoms with Crippen LogP contribution in [0.1, 0.15) is 11.1 Å². The van der Waals surface area contributed by atoms with Crippen LogP contribution in [0.4, 0.5) is 0 Å². The van der Waals surface area contributed by atoms with Crippen molar-refractivity contribution in [1.82, 2.24) is 10.6 Å². The lowest BCUT2D eigenvalue weighted by atomic mass is 10.1. The number of nitrogens with zero attached hydrogens (tertiary/aromatic N) is 1. The fraction of sp³-hybridized carbons (Fsp3) is 0. The quantitative estimate of drug-likeness (QED) is 0.594. The summed E-state index contributed by atoms with van der Waals surface area (Å²) in [5, 5.41) is 21.1. The summed E-state index contributed by atoms with van der Waals surface area (Å²) in [6.45, 7) is 0. The zero-order valence-electron chi connectivity index (χ0n) is 8.24. The molecular weight excluding hydrogens is 204 g/mol. The smallest absolute Gasteiger partial charge is 0.326 e. The number of carbonyl (C=O) groups is 1. The maximum absolute atomic E-state index is 10.8. The topological polar surface area (TPSA) is 88.8 Å². The van der Waals surface area contributed by atoms with E-state index in [-0.39, 0.29) is 5.84 Å². The van der Waals surface area contributed by atoms with E-state index in [9.17, 15) is 4.79 Å². The fourth-order valence-electron chi connectivity index (χ4n) is 1.49. The van der Waals surface area contributed by atoms with Crippen LogP contribution in [0, 0.1) is 16.7 Å². The molecule has 0 unspecified atom stereocenters. The number of amidine groups is 1. The largest absolute Gasteiger partial charge is 0.338 e. The van der Waals surface area contributed by atoms with Crippen molar-refractivity contribution in [3.63, 3.8) is 0 Å². The second-order valence-electron chi connectivity index (χ2n) is 3.19. The first-order chi connectivity index (χ1) is 7.72. The van der Waals surface area contributed by atoms with Crippen LogP contribution in [0.15, 0.2) is 30.5 Å². The maximum atomic E-state index is 10.8. The molecule has 0 radical (unpaired) electrons. The molecule has 1 heterocycles. The molecule has 3 N–H and O–H groups in total. The van der Waals surface area contributed by atoms with Gasteiger partial charge in [0.2, 0.25) is 0 Å². The van der Waals surface area contributed by atoms with E-state index < -0.39 is 5.91 Å². The van der Waals surface area contributed by atoms with E-state index >= 15 is 0 Å².